The van der Waals surface area contributed by atoms with Crippen LogP contribution in [0.15, 0.2) is 4.52 Å². The lowest BCUT2D eigenvalue weighted by atomic mass is 9.67. The van der Waals surface area contributed by atoms with E-state index in [1.165, 1.54) is 6.42 Å². The van der Waals surface area contributed by atoms with Gasteiger partial charge < -0.3 is 14.4 Å². The van der Waals surface area contributed by atoms with Gasteiger partial charge in [-0.25, -0.2) is 0 Å². The summed E-state index contributed by atoms with van der Waals surface area (Å²) in [6.07, 6.45) is 5.05. The van der Waals surface area contributed by atoms with Crippen molar-refractivity contribution in [2.75, 3.05) is 0 Å². The third-order valence-corrected chi connectivity index (χ3v) is 4.98. The Morgan fingerprint density at radius 1 is 1.42 bits per heavy atom. The van der Waals surface area contributed by atoms with Crippen LogP contribution in [0.25, 0.3) is 0 Å². The lowest BCUT2D eigenvalue weighted by molar-refractivity contribution is -0.137. The van der Waals surface area contributed by atoms with Crippen LogP contribution in [0.5, 0.6) is 0 Å². The lowest BCUT2D eigenvalue weighted by Crippen LogP contribution is -2.26. The summed E-state index contributed by atoms with van der Waals surface area (Å²) in [4.78, 5) is 21.7. The number of nitrogens with zero attached hydrogens (tertiary/aromatic N) is 1. The fourth-order valence-corrected chi connectivity index (χ4v) is 3.89. The monoisotopic (exact) mass is 335 g/mol. The van der Waals surface area contributed by atoms with E-state index in [9.17, 15) is 9.59 Å². The van der Waals surface area contributed by atoms with Crippen molar-refractivity contribution < 1.29 is 19.2 Å². The van der Waals surface area contributed by atoms with Crippen LogP contribution in [-0.2, 0) is 9.59 Å². The smallest absolute Gasteiger partial charge is 0.303 e. The Balaban J connectivity index is 2.02. The molecule has 1 atom stereocenters. The molecule has 0 radical (unpaired) electrons. The number of carbonyl (C=O) groups excluding carboxylic acids is 1. The second-order valence-corrected chi connectivity index (χ2v) is 8.39. The van der Waals surface area contributed by atoms with Crippen LogP contribution >= 0.6 is 0 Å². The van der Waals surface area contributed by atoms with E-state index in [2.05, 4.69) is 25.9 Å². The topological polar surface area (TPSA) is 80.4 Å². The highest BCUT2D eigenvalue weighted by Gasteiger charge is 2.37. The molecule has 1 saturated carbocycles. The van der Waals surface area contributed by atoms with Crippen molar-refractivity contribution in [1.82, 2.24) is 5.16 Å². The van der Waals surface area contributed by atoms with Gasteiger partial charge in [-0.05, 0) is 43.9 Å². The van der Waals surface area contributed by atoms with Crippen LogP contribution in [0.1, 0.15) is 88.1 Å². The molecule has 24 heavy (non-hydrogen) atoms. The number of aldehydes is 1. The Bertz CT molecular complexity index is 579. The van der Waals surface area contributed by atoms with E-state index in [1.54, 1.807) is 0 Å². The molecule has 1 unspecified atom stereocenters. The van der Waals surface area contributed by atoms with E-state index in [1.807, 2.05) is 6.92 Å². The molecule has 1 heterocycles. The summed E-state index contributed by atoms with van der Waals surface area (Å²) >= 11 is 0. The van der Waals surface area contributed by atoms with E-state index >= 15 is 0 Å². The summed E-state index contributed by atoms with van der Waals surface area (Å²) in [5.74, 6) is 1.06. The maximum absolute atomic E-state index is 10.9. The lowest BCUT2D eigenvalue weighted by Gasteiger charge is -2.38. The molecule has 5 heteroatoms. The Kier molecular flexibility index (Phi) is 5.83. The average molecular weight is 335 g/mol. The van der Waals surface area contributed by atoms with E-state index in [0.717, 1.165) is 42.1 Å². The van der Waals surface area contributed by atoms with Gasteiger partial charge in [-0.3, -0.25) is 4.79 Å². The third kappa shape index (κ3) is 4.68. The minimum absolute atomic E-state index is 0.0389. The first-order valence-corrected chi connectivity index (χ1v) is 8.82. The molecule has 1 N–H and O–H groups in total. The predicted octanol–water partition coefficient (Wildman–Crippen LogP) is 4.45. The highest BCUT2D eigenvalue weighted by Crippen LogP contribution is 2.48. The molecular formula is C19H29NO4. The molecule has 134 valence electrons. The first-order chi connectivity index (χ1) is 11.2. The van der Waals surface area contributed by atoms with Crippen molar-refractivity contribution in [3.05, 3.63) is 17.0 Å². The zero-order valence-corrected chi connectivity index (χ0v) is 15.2. The molecule has 1 aromatic rings. The highest BCUT2D eigenvalue weighted by molar-refractivity contribution is 5.66. The number of hydrogen-bond acceptors (Lipinski definition) is 4. The number of aromatic nitrogens is 1. The molecule has 0 saturated heterocycles. The van der Waals surface area contributed by atoms with Gasteiger partial charge in [0.25, 0.3) is 0 Å². The van der Waals surface area contributed by atoms with Crippen molar-refractivity contribution in [1.29, 1.82) is 0 Å². The summed E-state index contributed by atoms with van der Waals surface area (Å²) in [6.45, 7) is 8.79. The van der Waals surface area contributed by atoms with E-state index in [4.69, 9.17) is 9.63 Å². The second-order valence-electron chi connectivity index (χ2n) is 8.39. The van der Waals surface area contributed by atoms with Crippen LogP contribution in [-0.4, -0.2) is 22.5 Å². The minimum Gasteiger partial charge on any atom is -0.481 e. The molecule has 1 aromatic heterocycles. The predicted molar refractivity (Wildman–Crippen MR) is 91.1 cm³/mol. The van der Waals surface area contributed by atoms with Crippen molar-refractivity contribution in [2.24, 2.45) is 11.3 Å². The molecule has 0 aromatic carbocycles. The summed E-state index contributed by atoms with van der Waals surface area (Å²) in [5.41, 5.74) is 2.12. The van der Waals surface area contributed by atoms with Gasteiger partial charge in [0.05, 0.1) is 5.69 Å². The summed E-state index contributed by atoms with van der Waals surface area (Å²) in [7, 11) is 0. The molecule has 2 rings (SSSR count). The number of hydrogen-bond donors (Lipinski definition) is 1. The molecule has 1 aliphatic rings. The Morgan fingerprint density at radius 3 is 2.62 bits per heavy atom. The van der Waals surface area contributed by atoms with Gasteiger partial charge in [-0.2, -0.15) is 0 Å². The van der Waals surface area contributed by atoms with Crippen LogP contribution in [0, 0.1) is 18.3 Å². The number of aliphatic carboxylic acids is 1. The van der Waals surface area contributed by atoms with Crippen LogP contribution in [0.4, 0.5) is 0 Å². The summed E-state index contributed by atoms with van der Waals surface area (Å²) in [6, 6.07) is 0. The molecule has 0 aliphatic heterocycles. The van der Waals surface area contributed by atoms with Crippen molar-refractivity contribution >= 4 is 12.3 Å². The van der Waals surface area contributed by atoms with Gasteiger partial charge in [0.15, 0.2) is 0 Å². The summed E-state index contributed by atoms with van der Waals surface area (Å²) in [5, 5.41) is 13.1. The quantitative estimate of drug-likeness (QED) is 0.710. The Hall–Kier alpha value is -1.65. The number of carboxylic acid groups (broad SMARTS) is 1. The van der Waals surface area contributed by atoms with Crippen molar-refractivity contribution in [3.63, 3.8) is 0 Å². The summed E-state index contributed by atoms with van der Waals surface area (Å²) < 4.78 is 5.60. The van der Waals surface area contributed by atoms with Gasteiger partial charge in [0, 0.05) is 30.2 Å². The SMILES string of the molecule is Cc1c(C(CC=O)CCC(=O)O)noc1C1CC(CC(C)(C)C)C1. The Labute approximate surface area is 143 Å². The second kappa shape index (κ2) is 7.49. The van der Waals surface area contributed by atoms with Gasteiger partial charge in [0.1, 0.15) is 12.0 Å². The molecule has 1 fully saturated rings. The van der Waals surface area contributed by atoms with Crippen LogP contribution in [0.3, 0.4) is 0 Å². The van der Waals surface area contributed by atoms with Gasteiger partial charge in [-0.1, -0.05) is 25.9 Å². The van der Waals surface area contributed by atoms with Crippen molar-refractivity contribution in [2.45, 2.75) is 78.1 Å². The van der Waals surface area contributed by atoms with Gasteiger partial charge in [-0.15, -0.1) is 0 Å². The number of carboxylic acids is 1. The molecule has 0 amide bonds. The Morgan fingerprint density at radius 2 is 2.08 bits per heavy atom. The van der Waals surface area contributed by atoms with Crippen molar-refractivity contribution in [3.8, 4) is 0 Å². The van der Waals surface area contributed by atoms with Crippen LogP contribution in [0.2, 0.25) is 0 Å². The maximum atomic E-state index is 10.9. The van der Waals surface area contributed by atoms with Gasteiger partial charge in [0.2, 0.25) is 0 Å². The zero-order chi connectivity index (χ0) is 17.9. The molecule has 0 spiro atoms. The number of carbonyl (C=O) groups is 2. The third-order valence-electron chi connectivity index (χ3n) is 4.98. The standard InChI is InChI=1S/C19H29NO4/c1-12-17(14(7-8-21)5-6-16(22)23)20-24-18(12)15-9-13(10-15)11-19(2,3)4/h8,13-15H,5-7,9-11H2,1-4H3,(H,22,23). The normalized spacial score (nSPS) is 22.0. The molecule has 0 bridgehead atoms. The van der Waals surface area contributed by atoms with E-state index < -0.39 is 5.97 Å². The number of rotatable bonds is 8. The first-order valence-electron chi connectivity index (χ1n) is 8.82. The minimum atomic E-state index is -0.851. The maximum Gasteiger partial charge on any atom is 0.303 e. The van der Waals surface area contributed by atoms with E-state index in [0.29, 0.717) is 17.8 Å². The highest BCUT2D eigenvalue weighted by atomic mass is 16.5. The fraction of sp³-hybridized carbons (Fsp3) is 0.737. The zero-order valence-electron chi connectivity index (χ0n) is 15.2. The average Bonchev–Trinajstić information content (AvgIpc) is 2.79. The molecular weight excluding hydrogens is 306 g/mol. The molecule has 5 nitrogen and oxygen atoms in total. The molecule has 1 aliphatic carbocycles. The van der Waals surface area contributed by atoms with Gasteiger partial charge >= 0.3 is 5.97 Å². The fourth-order valence-electron chi connectivity index (χ4n) is 3.89. The largest absolute Gasteiger partial charge is 0.481 e. The first kappa shape index (κ1) is 18.7. The van der Waals surface area contributed by atoms with E-state index in [-0.39, 0.29) is 18.8 Å². The van der Waals surface area contributed by atoms with Crippen LogP contribution < -0.4 is 0 Å².